The van der Waals surface area contributed by atoms with Gasteiger partial charge in [0.2, 0.25) is 0 Å². The van der Waals surface area contributed by atoms with Crippen molar-refractivity contribution in [1.82, 2.24) is 0 Å². The zero-order chi connectivity index (χ0) is 17.0. The fourth-order valence-electron chi connectivity index (χ4n) is 2.14. The van der Waals surface area contributed by atoms with Crippen molar-refractivity contribution < 1.29 is 19.4 Å². The summed E-state index contributed by atoms with van der Waals surface area (Å²) in [5.74, 6) is -1.10. The third-order valence-corrected chi connectivity index (χ3v) is 3.86. The summed E-state index contributed by atoms with van der Waals surface area (Å²) in [7, 11) is 0. The number of ether oxygens (including phenoxy) is 1. The maximum Gasteiger partial charge on any atom is 0.344 e. The van der Waals surface area contributed by atoms with Crippen LogP contribution in [0.4, 0.5) is 0 Å². The number of carboxylic acid groups (broad SMARTS) is 1. The molecule has 1 unspecified atom stereocenters. The quantitative estimate of drug-likeness (QED) is 0.808. The highest BCUT2D eigenvalue weighted by Crippen LogP contribution is 2.30. The Labute approximate surface area is 139 Å². The summed E-state index contributed by atoms with van der Waals surface area (Å²) in [6.45, 7) is 3.48. The molecule has 0 heterocycles. The van der Waals surface area contributed by atoms with E-state index in [9.17, 15) is 9.59 Å². The van der Waals surface area contributed by atoms with Gasteiger partial charge in [0.05, 0.1) is 5.56 Å². The number of aliphatic carboxylic acids is 1. The van der Waals surface area contributed by atoms with E-state index in [1.165, 1.54) is 6.07 Å². The number of carboxylic acids is 1. The molecule has 0 spiro atoms. The largest absolute Gasteiger partial charge is 0.479 e. The molecule has 1 N–H and O–H groups in total. The molecule has 0 saturated carbocycles. The Morgan fingerprint density at radius 1 is 1.22 bits per heavy atom. The summed E-state index contributed by atoms with van der Waals surface area (Å²) in [5.41, 5.74) is 1.46. The molecule has 2 aromatic rings. The van der Waals surface area contributed by atoms with Crippen molar-refractivity contribution in [2.75, 3.05) is 0 Å². The van der Waals surface area contributed by atoms with Gasteiger partial charge in [0.1, 0.15) is 5.75 Å². The van der Waals surface area contributed by atoms with Crippen LogP contribution in [0.3, 0.4) is 0 Å². The molecule has 23 heavy (non-hydrogen) atoms. The second-order valence-electron chi connectivity index (χ2n) is 5.15. The molecule has 5 heteroatoms. The molecular weight excluding hydrogens is 316 g/mol. The first kappa shape index (κ1) is 17.0. The summed E-state index contributed by atoms with van der Waals surface area (Å²) < 4.78 is 5.56. The Hall–Kier alpha value is -2.33. The minimum atomic E-state index is -1.07. The lowest BCUT2D eigenvalue weighted by molar-refractivity contribution is -0.145. The van der Waals surface area contributed by atoms with Crippen LogP contribution in [0.15, 0.2) is 42.5 Å². The zero-order valence-corrected chi connectivity index (χ0v) is 13.6. The van der Waals surface area contributed by atoms with E-state index in [2.05, 4.69) is 0 Å². The van der Waals surface area contributed by atoms with Crippen LogP contribution in [0, 0.1) is 6.92 Å². The van der Waals surface area contributed by atoms with E-state index in [1.807, 2.05) is 6.07 Å². The van der Waals surface area contributed by atoms with Gasteiger partial charge in [-0.25, -0.2) is 4.79 Å². The average molecular weight is 333 g/mol. The third kappa shape index (κ3) is 3.90. The molecule has 0 aliphatic carbocycles. The van der Waals surface area contributed by atoms with Crippen LogP contribution in [-0.4, -0.2) is 23.0 Å². The van der Waals surface area contributed by atoms with Gasteiger partial charge in [0.15, 0.2) is 11.9 Å². The Kier molecular flexibility index (Phi) is 5.40. The van der Waals surface area contributed by atoms with Crippen molar-refractivity contribution in [3.8, 4) is 5.75 Å². The first-order chi connectivity index (χ1) is 10.9. The van der Waals surface area contributed by atoms with Crippen LogP contribution in [-0.2, 0) is 4.79 Å². The number of hydrogen-bond donors (Lipinski definition) is 1. The number of carbonyl (C=O) groups is 2. The molecule has 0 bridgehead atoms. The fourth-order valence-corrected chi connectivity index (χ4v) is 2.30. The van der Waals surface area contributed by atoms with Crippen LogP contribution < -0.4 is 4.74 Å². The maximum absolute atomic E-state index is 12.7. The van der Waals surface area contributed by atoms with Gasteiger partial charge in [-0.3, -0.25) is 4.79 Å². The standard InChI is InChI=1S/C18H17ClO4/c1-3-15(18(21)22)23-16-9-11(2)14(19)10-13(16)17(20)12-7-5-4-6-8-12/h4-10,15H,3H2,1-2H3,(H,21,22). The number of benzene rings is 2. The Morgan fingerprint density at radius 2 is 1.87 bits per heavy atom. The summed E-state index contributed by atoms with van der Waals surface area (Å²) in [4.78, 5) is 23.9. The summed E-state index contributed by atoms with van der Waals surface area (Å²) in [5, 5.41) is 9.60. The highest BCUT2D eigenvalue weighted by atomic mass is 35.5. The second kappa shape index (κ2) is 7.29. The Morgan fingerprint density at radius 3 is 2.43 bits per heavy atom. The molecule has 2 aromatic carbocycles. The van der Waals surface area contributed by atoms with Crippen molar-refractivity contribution in [3.05, 3.63) is 64.2 Å². The monoisotopic (exact) mass is 332 g/mol. The van der Waals surface area contributed by atoms with E-state index in [1.54, 1.807) is 44.2 Å². The van der Waals surface area contributed by atoms with E-state index >= 15 is 0 Å². The van der Waals surface area contributed by atoms with Crippen LogP contribution in [0.5, 0.6) is 5.75 Å². The molecule has 2 rings (SSSR count). The molecule has 4 nitrogen and oxygen atoms in total. The van der Waals surface area contributed by atoms with Gasteiger partial charge in [-0.05, 0) is 31.0 Å². The number of ketones is 1. The molecule has 0 amide bonds. The van der Waals surface area contributed by atoms with E-state index in [0.29, 0.717) is 16.1 Å². The Bertz CT molecular complexity index is 725. The van der Waals surface area contributed by atoms with Crippen molar-refractivity contribution in [2.45, 2.75) is 26.4 Å². The van der Waals surface area contributed by atoms with Gasteiger partial charge in [-0.1, -0.05) is 48.9 Å². The highest BCUT2D eigenvalue weighted by molar-refractivity contribution is 6.32. The Balaban J connectivity index is 2.47. The van der Waals surface area contributed by atoms with Crippen LogP contribution >= 0.6 is 11.6 Å². The van der Waals surface area contributed by atoms with Crippen molar-refractivity contribution >= 4 is 23.4 Å². The SMILES string of the molecule is CCC(Oc1cc(C)c(Cl)cc1C(=O)c1ccccc1)C(=O)O. The van der Waals surface area contributed by atoms with Gasteiger partial charge in [0, 0.05) is 10.6 Å². The number of aryl methyl sites for hydroxylation is 1. The first-order valence-electron chi connectivity index (χ1n) is 7.23. The molecule has 0 aliphatic heterocycles. The van der Waals surface area contributed by atoms with E-state index in [0.717, 1.165) is 0 Å². The highest BCUT2D eigenvalue weighted by Gasteiger charge is 2.22. The van der Waals surface area contributed by atoms with Crippen LogP contribution in [0.1, 0.15) is 34.8 Å². The zero-order valence-electron chi connectivity index (χ0n) is 12.9. The molecule has 0 radical (unpaired) electrons. The van der Waals surface area contributed by atoms with Gasteiger partial charge >= 0.3 is 5.97 Å². The fraction of sp³-hybridized carbons (Fsp3) is 0.222. The number of halogens is 1. The smallest absolute Gasteiger partial charge is 0.344 e. The third-order valence-electron chi connectivity index (χ3n) is 3.46. The van der Waals surface area contributed by atoms with Gasteiger partial charge in [0.25, 0.3) is 0 Å². The minimum absolute atomic E-state index is 0.231. The summed E-state index contributed by atoms with van der Waals surface area (Å²) in [6, 6.07) is 11.8. The van der Waals surface area contributed by atoms with E-state index in [-0.39, 0.29) is 23.5 Å². The normalized spacial score (nSPS) is 11.8. The molecule has 0 fully saturated rings. The van der Waals surface area contributed by atoms with Gasteiger partial charge in [-0.2, -0.15) is 0 Å². The van der Waals surface area contributed by atoms with E-state index < -0.39 is 12.1 Å². The lowest BCUT2D eigenvalue weighted by atomic mass is 10.0. The number of rotatable bonds is 6. The summed E-state index contributed by atoms with van der Waals surface area (Å²) in [6.07, 6.45) is -0.728. The number of carbonyl (C=O) groups excluding carboxylic acids is 1. The van der Waals surface area contributed by atoms with E-state index in [4.69, 9.17) is 21.4 Å². The minimum Gasteiger partial charge on any atom is -0.479 e. The average Bonchev–Trinajstić information content (AvgIpc) is 2.55. The van der Waals surface area contributed by atoms with Crippen LogP contribution in [0.2, 0.25) is 5.02 Å². The lowest BCUT2D eigenvalue weighted by Gasteiger charge is -2.17. The van der Waals surface area contributed by atoms with Gasteiger partial charge in [-0.15, -0.1) is 0 Å². The molecule has 0 saturated heterocycles. The predicted molar refractivity (Wildman–Crippen MR) is 88.4 cm³/mol. The first-order valence-corrected chi connectivity index (χ1v) is 7.61. The summed E-state index contributed by atoms with van der Waals surface area (Å²) >= 11 is 6.13. The lowest BCUT2D eigenvalue weighted by Crippen LogP contribution is -2.26. The molecular formula is C18H17ClO4. The van der Waals surface area contributed by atoms with Crippen molar-refractivity contribution in [1.29, 1.82) is 0 Å². The van der Waals surface area contributed by atoms with Gasteiger partial charge < -0.3 is 9.84 Å². The number of hydrogen-bond acceptors (Lipinski definition) is 3. The molecule has 1 atom stereocenters. The predicted octanol–water partition coefficient (Wildman–Crippen LogP) is 4.12. The molecule has 0 aliphatic rings. The van der Waals surface area contributed by atoms with Crippen LogP contribution in [0.25, 0.3) is 0 Å². The second-order valence-corrected chi connectivity index (χ2v) is 5.55. The topological polar surface area (TPSA) is 63.6 Å². The molecule has 120 valence electrons. The molecule has 0 aromatic heterocycles. The van der Waals surface area contributed by atoms with Crippen molar-refractivity contribution in [3.63, 3.8) is 0 Å². The van der Waals surface area contributed by atoms with Crippen molar-refractivity contribution in [2.24, 2.45) is 0 Å². The maximum atomic E-state index is 12.7.